The van der Waals surface area contributed by atoms with Crippen LogP contribution in [0.25, 0.3) is 0 Å². The van der Waals surface area contributed by atoms with Crippen LogP contribution in [0.2, 0.25) is 0 Å². The summed E-state index contributed by atoms with van der Waals surface area (Å²) >= 11 is 2.19. The molecular weight excluding hydrogens is 494 g/mol. The Balaban J connectivity index is 1.79. The molecule has 0 radical (unpaired) electrons. The number of carbonyl (C=O) groups excluding carboxylic acids is 1. The molecule has 0 atom stereocenters. The van der Waals surface area contributed by atoms with Gasteiger partial charge in [-0.3, -0.25) is 9.69 Å². The van der Waals surface area contributed by atoms with Crippen molar-refractivity contribution >= 4 is 34.2 Å². The normalized spacial score (nSPS) is 16.0. The SMILES string of the molecule is CN1CCN(Cc2ccc(NC(=O)c3cccc(CI)c3)cc2C(F)(F)F)CC1. The van der Waals surface area contributed by atoms with Crippen molar-refractivity contribution in [2.75, 3.05) is 38.5 Å². The Bertz CT molecular complexity index is 864. The minimum Gasteiger partial charge on any atom is -0.322 e. The van der Waals surface area contributed by atoms with Crippen LogP contribution in [-0.4, -0.2) is 48.9 Å². The van der Waals surface area contributed by atoms with Gasteiger partial charge in [0, 0.05) is 48.4 Å². The summed E-state index contributed by atoms with van der Waals surface area (Å²) in [6.07, 6.45) is -4.48. The number of anilines is 1. The van der Waals surface area contributed by atoms with Gasteiger partial charge in [0.2, 0.25) is 0 Å². The fourth-order valence-corrected chi connectivity index (χ4v) is 3.78. The van der Waals surface area contributed by atoms with E-state index in [1.807, 2.05) is 18.0 Å². The molecule has 2 aromatic rings. The lowest BCUT2D eigenvalue weighted by molar-refractivity contribution is -0.138. The van der Waals surface area contributed by atoms with Gasteiger partial charge in [-0.15, -0.1) is 0 Å². The van der Waals surface area contributed by atoms with Gasteiger partial charge < -0.3 is 10.2 Å². The van der Waals surface area contributed by atoms with E-state index in [4.69, 9.17) is 0 Å². The number of piperazine rings is 1. The molecule has 4 nitrogen and oxygen atoms in total. The molecule has 1 aliphatic heterocycles. The lowest BCUT2D eigenvalue weighted by atomic mass is 10.0. The number of nitrogens with one attached hydrogen (secondary N) is 1. The Morgan fingerprint density at radius 2 is 1.83 bits per heavy atom. The van der Waals surface area contributed by atoms with E-state index in [0.717, 1.165) is 42.2 Å². The minimum absolute atomic E-state index is 0.143. The zero-order valence-electron chi connectivity index (χ0n) is 16.1. The van der Waals surface area contributed by atoms with Crippen molar-refractivity contribution in [2.45, 2.75) is 17.1 Å². The molecule has 0 unspecified atom stereocenters. The van der Waals surface area contributed by atoms with Crippen LogP contribution in [0.1, 0.15) is 27.0 Å². The van der Waals surface area contributed by atoms with Crippen LogP contribution in [0.4, 0.5) is 18.9 Å². The number of halogens is 4. The molecule has 1 aliphatic rings. The monoisotopic (exact) mass is 517 g/mol. The maximum atomic E-state index is 13.7. The van der Waals surface area contributed by atoms with Gasteiger partial charge in [0.25, 0.3) is 5.91 Å². The second kappa shape index (κ2) is 9.44. The first kappa shape index (κ1) is 22.0. The van der Waals surface area contributed by atoms with Gasteiger partial charge in [-0.2, -0.15) is 13.2 Å². The van der Waals surface area contributed by atoms with E-state index in [-0.39, 0.29) is 17.8 Å². The second-order valence-electron chi connectivity index (χ2n) is 7.24. The summed E-state index contributed by atoms with van der Waals surface area (Å²) in [5, 5.41) is 2.60. The van der Waals surface area contributed by atoms with E-state index in [0.29, 0.717) is 5.56 Å². The highest BCUT2D eigenvalue weighted by atomic mass is 127. The molecular formula is C21H23F3IN3O. The first-order valence-corrected chi connectivity index (χ1v) is 10.9. The third-order valence-corrected chi connectivity index (χ3v) is 5.89. The quantitative estimate of drug-likeness (QED) is 0.464. The highest BCUT2D eigenvalue weighted by molar-refractivity contribution is 14.1. The molecule has 0 bridgehead atoms. The van der Waals surface area contributed by atoms with Crippen LogP contribution in [0, 0.1) is 0 Å². The zero-order valence-corrected chi connectivity index (χ0v) is 18.3. The number of amides is 1. The molecule has 8 heteroatoms. The summed E-state index contributed by atoms with van der Waals surface area (Å²) in [5.41, 5.74) is 1.08. The Kier molecular flexibility index (Phi) is 7.18. The van der Waals surface area contributed by atoms with Gasteiger partial charge in [0.05, 0.1) is 5.56 Å². The number of alkyl halides is 4. The second-order valence-corrected chi connectivity index (χ2v) is 8.00. The molecule has 0 aliphatic carbocycles. The van der Waals surface area contributed by atoms with Crippen LogP contribution in [0.15, 0.2) is 42.5 Å². The summed E-state index contributed by atoms with van der Waals surface area (Å²) in [6.45, 7) is 3.39. The molecule has 1 heterocycles. The third-order valence-electron chi connectivity index (χ3n) is 5.01. The van der Waals surface area contributed by atoms with Crippen LogP contribution in [0.3, 0.4) is 0 Å². The Hall–Kier alpha value is -1.65. The van der Waals surface area contributed by atoms with Gasteiger partial charge in [-0.1, -0.05) is 40.8 Å². The Morgan fingerprint density at radius 1 is 1.10 bits per heavy atom. The minimum atomic E-state index is -4.48. The maximum Gasteiger partial charge on any atom is 0.416 e. The Labute approximate surface area is 182 Å². The summed E-state index contributed by atoms with van der Waals surface area (Å²) in [4.78, 5) is 16.7. The zero-order chi connectivity index (χ0) is 21.0. The van der Waals surface area contributed by atoms with Gasteiger partial charge in [-0.25, -0.2) is 0 Å². The third kappa shape index (κ3) is 5.93. The van der Waals surface area contributed by atoms with Gasteiger partial charge in [-0.05, 0) is 42.4 Å². The number of benzene rings is 2. The van der Waals surface area contributed by atoms with E-state index in [1.54, 1.807) is 24.3 Å². The van der Waals surface area contributed by atoms with Crippen molar-refractivity contribution in [3.63, 3.8) is 0 Å². The average Bonchev–Trinajstić information content (AvgIpc) is 2.70. The average molecular weight is 517 g/mol. The number of hydrogen-bond acceptors (Lipinski definition) is 3. The van der Waals surface area contributed by atoms with E-state index < -0.39 is 17.6 Å². The lowest BCUT2D eigenvalue weighted by Crippen LogP contribution is -2.44. The molecule has 0 aromatic heterocycles. The largest absolute Gasteiger partial charge is 0.416 e. The molecule has 1 fully saturated rings. The summed E-state index contributed by atoms with van der Waals surface area (Å²) in [7, 11) is 2.01. The summed E-state index contributed by atoms with van der Waals surface area (Å²) < 4.78 is 41.7. The highest BCUT2D eigenvalue weighted by Gasteiger charge is 2.34. The van der Waals surface area contributed by atoms with Crippen molar-refractivity contribution in [1.29, 1.82) is 0 Å². The highest BCUT2D eigenvalue weighted by Crippen LogP contribution is 2.34. The van der Waals surface area contributed by atoms with Crippen molar-refractivity contribution in [1.82, 2.24) is 9.80 Å². The van der Waals surface area contributed by atoms with E-state index in [2.05, 4.69) is 32.8 Å². The van der Waals surface area contributed by atoms with Crippen molar-refractivity contribution in [3.8, 4) is 0 Å². The van der Waals surface area contributed by atoms with E-state index >= 15 is 0 Å². The molecule has 0 saturated carbocycles. The molecule has 156 valence electrons. The number of rotatable bonds is 5. The lowest BCUT2D eigenvalue weighted by Gasteiger charge is -2.33. The van der Waals surface area contributed by atoms with Crippen molar-refractivity contribution in [2.24, 2.45) is 0 Å². The number of carbonyl (C=O) groups is 1. The number of likely N-dealkylation sites (N-methyl/N-ethyl adjacent to an activating group) is 1. The topological polar surface area (TPSA) is 35.6 Å². The first-order chi connectivity index (χ1) is 13.8. The number of nitrogens with zero attached hydrogens (tertiary/aromatic N) is 2. The molecule has 1 N–H and O–H groups in total. The van der Waals surface area contributed by atoms with Crippen molar-refractivity contribution in [3.05, 3.63) is 64.7 Å². The molecule has 1 amide bonds. The van der Waals surface area contributed by atoms with Gasteiger partial charge in [0.1, 0.15) is 0 Å². The van der Waals surface area contributed by atoms with Crippen molar-refractivity contribution < 1.29 is 18.0 Å². The summed E-state index contributed by atoms with van der Waals surface area (Å²) in [5.74, 6) is -0.420. The maximum absolute atomic E-state index is 13.7. The van der Waals surface area contributed by atoms with Crippen LogP contribution < -0.4 is 5.32 Å². The molecule has 1 saturated heterocycles. The smallest absolute Gasteiger partial charge is 0.322 e. The van der Waals surface area contributed by atoms with Crippen LogP contribution in [-0.2, 0) is 17.1 Å². The molecule has 29 heavy (non-hydrogen) atoms. The molecule has 0 spiro atoms. The van der Waals surface area contributed by atoms with E-state index in [1.165, 1.54) is 6.07 Å². The standard InChI is InChI=1S/C21H23F3IN3O/c1-27-7-9-28(10-8-27)14-17-5-6-18(12-19(17)21(22,23)24)26-20(29)16-4-2-3-15(11-16)13-25/h2-6,11-12H,7-10,13-14H2,1H3,(H,26,29). The molecule has 2 aromatic carbocycles. The number of hydrogen-bond donors (Lipinski definition) is 1. The van der Waals surface area contributed by atoms with Gasteiger partial charge >= 0.3 is 6.18 Å². The fourth-order valence-electron chi connectivity index (χ4n) is 3.30. The van der Waals surface area contributed by atoms with Crippen LogP contribution in [0.5, 0.6) is 0 Å². The predicted molar refractivity (Wildman–Crippen MR) is 116 cm³/mol. The van der Waals surface area contributed by atoms with Crippen LogP contribution >= 0.6 is 22.6 Å². The van der Waals surface area contributed by atoms with Gasteiger partial charge in [0.15, 0.2) is 0 Å². The fraction of sp³-hybridized carbons (Fsp3) is 0.381. The predicted octanol–water partition coefficient (Wildman–Crippen LogP) is 4.64. The summed E-state index contributed by atoms with van der Waals surface area (Å²) in [6, 6.07) is 11.1. The van der Waals surface area contributed by atoms with E-state index in [9.17, 15) is 18.0 Å². The Morgan fingerprint density at radius 3 is 2.48 bits per heavy atom. The first-order valence-electron chi connectivity index (χ1n) is 9.33. The molecule has 3 rings (SSSR count).